The second-order valence-corrected chi connectivity index (χ2v) is 4.31. The van der Waals surface area contributed by atoms with Crippen molar-refractivity contribution in [2.45, 2.75) is 26.7 Å². The Morgan fingerprint density at radius 3 is 2.53 bits per heavy atom. The van der Waals surface area contributed by atoms with Gasteiger partial charge in [0.25, 0.3) is 0 Å². The molecular weight excluding hydrogens is 182 g/mol. The summed E-state index contributed by atoms with van der Waals surface area (Å²) in [5.41, 5.74) is 2.21. The monoisotopic (exact) mass is 203 g/mol. The molecule has 0 aliphatic carbocycles. The van der Waals surface area contributed by atoms with E-state index in [0.29, 0.717) is 0 Å². The second-order valence-electron chi connectivity index (χ2n) is 4.31. The van der Waals surface area contributed by atoms with Crippen LogP contribution in [0.3, 0.4) is 0 Å². The third kappa shape index (κ3) is 4.68. The zero-order chi connectivity index (χ0) is 11.1. The van der Waals surface area contributed by atoms with Crippen LogP contribution in [-0.2, 0) is 0 Å². The predicted octanol–water partition coefficient (Wildman–Crippen LogP) is 3.68. The molecule has 1 nitrogen and oxygen atoms in total. The molecule has 1 aromatic rings. The largest absolute Gasteiger partial charge is 0.385 e. The first kappa shape index (κ1) is 11.8. The first-order chi connectivity index (χ1) is 7.20. The molecule has 0 aliphatic rings. The molecule has 82 valence electrons. The molecule has 0 bridgehead atoms. The summed E-state index contributed by atoms with van der Waals surface area (Å²) >= 11 is 0. The summed E-state index contributed by atoms with van der Waals surface area (Å²) in [5, 5.41) is 3.36. The van der Waals surface area contributed by atoms with Crippen LogP contribution in [0.4, 0.5) is 0 Å². The number of nitrogens with one attached hydrogen (secondary N) is 1. The van der Waals surface area contributed by atoms with Crippen molar-refractivity contribution in [1.29, 1.82) is 0 Å². The molecule has 1 heteroatoms. The summed E-state index contributed by atoms with van der Waals surface area (Å²) in [7, 11) is 0. The molecule has 0 saturated carbocycles. The maximum absolute atomic E-state index is 4.03. The van der Waals surface area contributed by atoms with Crippen LogP contribution in [0, 0.1) is 5.92 Å². The molecular formula is C14H21N. The van der Waals surface area contributed by atoms with Gasteiger partial charge in [0.2, 0.25) is 0 Å². The minimum Gasteiger partial charge on any atom is -0.385 e. The number of hydrogen-bond donors (Lipinski definition) is 1. The zero-order valence-corrected chi connectivity index (χ0v) is 9.79. The summed E-state index contributed by atoms with van der Waals surface area (Å²) < 4.78 is 0. The Morgan fingerprint density at radius 2 is 1.93 bits per heavy atom. The van der Waals surface area contributed by atoms with Crippen LogP contribution in [0.1, 0.15) is 32.3 Å². The first-order valence-corrected chi connectivity index (χ1v) is 5.68. The van der Waals surface area contributed by atoms with Crippen molar-refractivity contribution >= 4 is 5.70 Å². The highest BCUT2D eigenvalue weighted by Gasteiger charge is 1.97. The Labute approximate surface area is 93.2 Å². The quantitative estimate of drug-likeness (QED) is 0.695. The molecule has 0 aliphatic heterocycles. The highest BCUT2D eigenvalue weighted by atomic mass is 14.9. The number of benzene rings is 1. The van der Waals surface area contributed by atoms with E-state index in [4.69, 9.17) is 0 Å². The van der Waals surface area contributed by atoms with Gasteiger partial charge in [-0.1, -0.05) is 50.8 Å². The van der Waals surface area contributed by atoms with E-state index in [1.165, 1.54) is 18.4 Å². The van der Waals surface area contributed by atoms with Crippen LogP contribution in [0.2, 0.25) is 0 Å². The summed E-state index contributed by atoms with van der Waals surface area (Å²) in [6, 6.07) is 10.3. The van der Waals surface area contributed by atoms with Crippen molar-refractivity contribution < 1.29 is 0 Å². The van der Waals surface area contributed by atoms with Gasteiger partial charge >= 0.3 is 0 Å². The van der Waals surface area contributed by atoms with Crippen LogP contribution in [0.25, 0.3) is 5.70 Å². The Morgan fingerprint density at radius 1 is 1.27 bits per heavy atom. The van der Waals surface area contributed by atoms with E-state index in [1.54, 1.807) is 0 Å². The molecule has 0 atom stereocenters. The SMILES string of the molecule is C=C(NCCCC(C)C)c1ccccc1. The van der Waals surface area contributed by atoms with Crippen LogP contribution < -0.4 is 5.32 Å². The minimum absolute atomic E-state index is 0.789. The van der Waals surface area contributed by atoms with E-state index in [9.17, 15) is 0 Å². The van der Waals surface area contributed by atoms with E-state index in [1.807, 2.05) is 18.2 Å². The van der Waals surface area contributed by atoms with E-state index >= 15 is 0 Å². The van der Waals surface area contributed by atoms with Gasteiger partial charge in [0.1, 0.15) is 0 Å². The van der Waals surface area contributed by atoms with Crippen LogP contribution >= 0.6 is 0 Å². The van der Waals surface area contributed by atoms with Crippen molar-refractivity contribution in [2.75, 3.05) is 6.54 Å². The molecule has 1 N–H and O–H groups in total. The van der Waals surface area contributed by atoms with Crippen molar-refractivity contribution in [3.05, 3.63) is 42.5 Å². The van der Waals surface area contributed by atoms with Gasteiger partial charge in [-0.25, -0.2) is 0 Å². The molecule has 1 aromatic carbocycles. The fraction of sp³-hybridized carbons (Fsp3) is 0.429. The lowest BCUT2D eigenvalue weighted by atomic mass is 10.1. The van der Waals surface area contributed by atoms with Gasteiger partial charge in [0.15, 0.2) is 0 Å². The van der Waals surface area contributed by atoms with E-state index in [-0.39, 0.29) is 0 Å². The van der Waals surface area contributed by atoms with E-state index in [2.05, 4.69) is 37.9 Å². The van der Waals surface area contributed by atoms with Gasteiger partial charge in [-0.2, -0.15) is 0 Å². The van der Waals surface area contributed by atoms with Gasteiger partial charge in [-0.15, -0.1) is 0 Å². The van der Waals surface area contributed by atoms with Gasteiger partial charge < -0.3 is 5.32 Å². The first-order valence-electron chi connectivity index (χ1n) is 5.68. The van der Waals surface area contributed by atoms with Crippen molar-refractivity contribution in [2.24, 2.45) is 5.92 Å². The third-order valence-electron chi connectivity index (χ3n) is 2.42. The molecule has 0 fully saturated rings. The Hall–Kier alpha value is -1.24. The Kier molecular flexibility index (Phi) is 4.96. The van der Waals surface area contributed by atoms with Crippen molar-refractivity contribution in [3.8, 4) is 0 Å². The Bertz CT molecular complexity index is 287. The van der Waals surface area contributed by atoms with E-state index < -0.39 is 0 Å². The fourth-order valence-electron chi connectivity index (χ4n) is 1.49. The lowest BCUT2D eigenvalue weighted by Crippen LogP contribution is -2.13. The molecule has 0 spiro atoms. The number of hydrogen-bond acceptors (Lipinski definition) is 1. The molecule has 0 radical (unpaired) electrons. The zero-order valence-electron chi connectivity index (χ0n) is 9.79. The van der Waals surface area contributed by atoms with E-state index in [0.717, 1.165) is 18.2 Å². The van der Waals surface area contributed by atoms with Crippen LogP contribution in [0.15, 0.2) is 36.9 Å². The molecule has 0 heterocycles. The molecule has 15 heavy (non-hydrogen) atoms. The third-order valence-corrected chi connectivity index (χ3v) is 2.42. The van der Waals surface area contributed by atoms with Crippen LogP contribution in [0.5, 0.6) is 0 Å². The highest BCUT2D eigenvalue weighted by Crippen LogP contribution is 2.09. The molecule has 0 aromatic heterocycles. The lowest BCUT2D eigenvalue weighted by Gasteiger charge is -2.10. The molecule has 0 amide bonds. The standard InChI is InChI=1S/C14H21N/c1-12(2)8-7-11-15-13(3)14-9-5-4-6-10-14/h4-6,9-10,12,15H,3,7-8,11H2,1-2H3. The summed E-state index contributed by atoms with van der Waals surface area (Å²) in [6.07, 6.45) is 2.48. The minimum atomic E-state index is 0.789. The second kappa shape index (κ2) is 6.28. The normalized spacial score (nSPS) is 10.3. The van der Waals surface area contributed by atoms with Crippen molar-refractivity contribution in [3.63, 3.8) is 0 Å². The maximum Gasteiger partial charge on any atom is 0.0340 e. The van der Waals surface area contributed by atoms with Gasteiger partial charge in [-0.3, -0.25) is 0 Å². The smallest absolute Gasteiger partial charge is 0.0340 e. The summed E-state index contributed by atoms with van der Waals surface area (Å²) in [4.78, 5) is 0. The van der Waals surface area contributed by atoms with Gasteiger partial charge in [0, 0.05) is 12.2 Å². The predicted molar refractivity (Wildman–Crippen MR) is 67.6 cm³/mol. The van der Waals surface area contributed by atoms with Gasteiger partial charge in [0.05, 0.1) is 0 Å². The van der Waals surface area contributed by atoms with Crippen LogP contribution in [-0.4, -0.2) is 6.54 Å². The van der Waals surface area contributed by atoms with Gasteiger partial charge in [-0.05, 0) is 24.3 Å². The average Bonchev–Trinajstić information content (AvgIpc) is 2.25. The molecule has 0 unspecified atom stereocenters. The Balaban J connectivity index is 2.25. The molecule has 1 rings (SSSR count). The fourth-order valence-corrected chi connectivity index (χ4v) is 1.49. The average molecular weight is 203 g/mol. The highest BCUT2D eigenvalue weighted by molar-refractivity contribution is 5.61. The number of rotatable bonds is 6. The molecule has 0 saturated heterocycles. The summed E-state index contributed by atoms with van der Waals surface area (Å²) in [6.45, 7) is 9.56. The maximum atomic E-state index is 4.03. The lowest BCUT2D eigenvalue weighted by molar-refractivity contribution is 0.549. The van der Waals surface area contributed by atoms with Crippen molar-refractivity contribution in [1.82, 2.24) is 5.32 Å². The topological polar surface area (TPSA) is 12.0 Å². The summed E-state index contributed by atoms with van der Waals surface area (Å²) in [5.74, 6) is 0.789.